The lowest BCUT2D eigenvalue weighted by molar-refractivity contribution is 0.128. The van der Waals surface area contributed by atoms with Crippen LogP contribution in [0.2, 0.25) is 0 Å². The quantitative estimate of drug-likeness (QED) is 0.838. The second-order valence-electron chi connectivity index (χ2n) is 3.87. The van der Waals surface area contributed by atoms with Crippen LogP contribution in [0.5, 0.6) is 0 Å². The van der Waals surface area contributed by atoms with Crippen molar-refractivity contribution in [2.45, 2.75) is 39.3 Å². The van der Waals surface area contributed by atoms with Crippen molar-refractivity contribution in [2.75, 3.05) is 13.2 Å². The number of aliphatic hydroxyl groups excluding tert-OH is 1. The van der Waals surface area contributed by atoms with E-state index in [-0.39, 0.29) is 6.61 Å². The maximum Gasteiger partial charge on any atom is 0.169 e. The minimum Gasteiger partial charge on any atom is -0.453 e. The van der Waals surface area contributed by atoms with Gasteiger partial charge in [-0.05, 0) is 40.9 Å². The van der Waals surface area contributed by atoms with Crippen LogP contribution in [-0.4, -0.2) is 29.2 Å². The van der Waals surface area contributed by atoms with Gasteiger partial charge in [0.25, 0.3) is 0 Å². The summed E-state index contributed by atoms with van der Waals surface area (Å²) in [5.41, 5.74) is 0. The molecule has 0 aliphatic rings. The second kappa shape index (κ2) is 7.09. The standard InChI is InChI=1S/C12H20BrNO2/c1-3-10(4-2)14(7-8-15)9-11-5-6-12(13)16-11/h5-6,10,15H,3-4,7-9H2,1-2H3. The first-order valence-electron chi connectivity index (χ1n) is 5.80. The molecule has 16 heavy (non-hydrogen) atoms. The van der Waals surface area contributed by atoms with Gasteiger partial charge in [-0.15, -0.1) is 0 Å². The van der Waals surface area contributed by atoms with E-state index in [1.165, 1.54) is 0 Å². The van der Waals surface area contributed by atoms with E-state index in [0.29, 0.717) is 12.6 Å². The predicted molar refractivity (Wildman–Crippen MR) is 68.3 cm³/mol. The lowest BCUT2D eigenvalue weighted by Crippen LogP contribution is -2.36. The molecule has 92 valence electrons. The van der Waals surface area contributed by atoms with Gasteiger partial charge < -0.3 is 9.52 Å². The molecule has 0 bridgehead atoms. The topological polar surface area (TPSA) is 36.6 Å². The molecule has 1 aromatic rings. The van der Waals surface area contributed by atoms with Crippen molar-refractivity contribution < 1.29 is 9.52 Å². The van der Waals surface area contributed by atoms with E-state index in [1.54, 1.807) is 0 Å². The fraction of sp³-hybridized carbons (Fsp3) is 0.667. The molecule has 0 saturated heterocycles. The molecule has 0 aromatic carbocycles. The highest BCUT2D eigenvalue weighted by atomic mass is 79.9. The van der Waals surface area contributed by atoms with Gasteiger partial charge in [-0.2, -0.15) is 0 Å². The Hall–Kier alpha value is -0.320. The van der Waals surface area contributed by atoms with Crippen LogP contribution in [0.4, 0.5) is 0 Å². The largest absolute Gasteiger partial charge is 0.453 e. The summed E-state index contributed by atoms with van der Waals surface area (Å²) in [5, 5.41) is 9.08. The van der Waals surface area contributed by atoms with Gasteiger partial charge in [0.05, 0.1) is 13.2 Å². The van der Waals surface area contributed by atoms with Gasteiger partial charge >= 0.3 is 0 Å². The van der Waals surface area contributed by atoms with Crippen LogP contribution in [0, 0.1) is 0 Å². The van der Waals surface area contributed by atoms with E-state index in [2.05, 4.69) is 34.7 Å². The van der Waals surface area contributed by atoms with Crippen molar-refractivity contribution in [2.24, 2.45) is 0 Å². The van der Waals surface area contributed by atoms with Crippen LogP contribution in [-0.2, 0) is 6.54 Å². The Kier molecular flexibility index (Phi) is 6.09. The number of hydrogen-bond donors (Lipinski definition) is 1. The van der Waals surface area contributed by atoms with Gasteiger partial charge in [0.1, 0.15) is 5.76 Å². The minimum atomic E-state index is 0.193. The van der Waals surface area contributed by atoms with Gasteiger partial charge in [0.15, 0.2) is 4.67 Å². The van der Waals surface area contributed by atoms with Crippen molar-refractivity contribution in [3.8, 4) is 0 Å². The summed E-state index contributed by atoms with van der Waals surface area (Å²) in [4.78, 5) is 2.27. The lowest BCUT2D eigenvalue weighted by atomic mass is 10.1. The Bertz CT molecular complexity index is 297. The predicted octanol–water partition coefficient (Wildman–Crippen LogP) is 3.03. The third-order valence-corrected chi connectivity index (χ3v) is 3.26. The molecule has 0 amide bonds. The number of rotatable bonds is 7. The van der Waals surface area contributed by atoms with Crippen LogP contribution in [0.15, 0.2) is 21.2 Å². The molecule has 4 heteroatoms. The summed E-state index contributed by atoms with van der Waals surface area (Å²) in [6.45, 7) is 6.01. The molecule has 0 aliphatic heterocycles. The molecule has 0 spiro atoms. The van der Waals surface area contributed by atoms with Crippen molar-refractivity contribution in [3.05, 3.63) is 22.6 Å². The van der Waals surface area contributed by atoms with Crippen molar-refractivity contribution in [1.82, 2.24) is 4.90 Å². The maximum absolute atomic E-state index is 9.08. The molecule has 0 aliphatic carbocycles. The van der Waals surface area contributed by atoms with E-state index >= 15 is 0 Å². The van der Waals surface area contributed by atoms with E-state index in [1.807, 2.05) is 12.1 Å². The summed E-state index contributed by atoms with van der Waals surface area (Å²) < 4.78 is 6.25. The Morgan fingerprint density at radius 3 is 2.50 bits per heavy atom. The number of nitrogens with zero attached hydrogens (tertiary/aromatic N) is 1. The van der Waals surface area contributed by atoms with Crippen LogP contribution in [0.25, 0.3) is 0 Å². The fourth-order valence-corrected chi connectivity index (χ4v) is 2.30. The number of hydrogen-bond acceptors (Lipinski definition) is 3. The average molecular weight is 290 g/mol. The maximum atomic E-state index is 9.08. The van der Waals surface area contributed by atoms with Crippen molar-refractivity contribution in [3.63, 3.8) is 0 Å². The average Bonchev–Trinajstić information content (AvgIpc) is 2.66. The summed E-state index contributed by atoms with van der Waals surface area (Å²) in [6, 6.07) is 4.38. The van der Waals surface area contributed by atoms with Crippen LogP contribution in [0.1, 0.15) is 32.4 Å². The molecule has 0 atom stereocenters. The fourth-order valence-electron chi connectivity index (χ4n) is 1.96. The molecule has 3 nitrogen and oxygen atoms in total. The van der Waals surface area contributed by atoms with Gasteiger partial charge in [-0.1, -0.05) is 13.8 Å². The zero-order valence-corrected chi connectivity index (χ0v) is 11.5. The molecule has 1 aromatic heterocycles. The van der Waals surface area contributed by atoms with Crippen LogP contribution >= 0.6 is 15.9 Å². The van der Waals surface area contributed by atoms with E-state index in [0.717, 1.165) is 29.8 Å². The molecular formula is C12H20BrNO2. The summed E-state index contributed by atoms with van der Waals surface area (Å²) in [6.07, 6.45) is 2.19. The Morgan fingerprint density at radius 1 is 1.38 bits per heavy atom. The second-order valence-corrected chi connectivity index (χ2v) is 4.65. The first-order chi connectivity index (χ1) is 7.71. The third-order valence-electron chi connectivity index (χ3n) is 2.83. The smallest absolute Gasteiger partial charge is 0.169 e. The highest BCUT2D eigenvalue weighted by molar-refractivity contribution is 9.10. The van der Waals surface area contributed by atoms with Gasteiger partial charge in [0.2, 0.25) is 0 Å². The SMILES string of the molecule is CCC(CC)N(CCO)Cc1ccc(Br)o1. The van der Waals surface area contributed by atoms with Gasteiger partial charge in [-0.25, -0.2) is 0 Å². The first-order valence-corrected chi connectivity index (χ1v) is 6.59. The first kappa shape index (κ1) is 13.7. The van der Waals surface area contributed by atoms with Gasteiger partial charge in [-0.3, -0.25) is 4.90 Å². The summed E-state index contributed by atoms with van der Waals surface area (Å²) in [7, 11) is 0. The lowest BCUT2D eigenvalue weighted by Gasteiger charge is -2.28. The Morgan fingerprint density at radius 2 is 2.06 bits per heavy atom. The monoisotopic (exact) mass is 289 g/mol. The molecule has 0 radical (unpaired) electrons. The highest BCUT2D eigenvalue weighted by Gasteiger charge is 2.16. The molecule has 1 N–H and O–H groups in total. The molecule has 0 fully saturated rings. The Labute approximate surface area is 106 Å². The van der Waals surface area contributed by atoms with E-state index in [9.17, 15) is 0 Å². The minimum absolute atomic E-state index is 0.193. The van der Waals surface area contributed by atoms with E-state index < -0.39 is 0 Å². The molecule has 1 rings (SSSR count). The molecule has 1 heterocycles. The van der Waals surface area contributed by atoms with Gasteiger partial charge in [0, 0.05) is 12.6 Å². The Balaban J connectivity index is 2.63. The van der Waals surface area contributed by atoms with Crippen molar-refractivity contribution >= 4 is 15.9 Å². The highest BCUT2D eigenvalue weighted by Crippen LogP contribution is 2.18. The van der Waals surface area contributed by atoms with Crippen LogP contribution < -0.4 is 0 Å². The third kappa shape index (κ3) is 3.92. The number of aliphatic hydroxyl groups is 1. The summed E-state index contributed by atoms with van der Waals surface area (Å²) in [5.74, 6) is 0.937. The van der Waals surface area contributed by atoms with E-state index in [4.69, 9.17) is 9.52 Å². The van der Waals surface area contributed by atoms with Crippen LogP contribution in [0.3, 0.4) is 0 Å². The zero-order chi connectivity index (χ0) is 12.0. The molecule has 0 saturated carbocycles. The zero-order valence-electron chi connectivity index (χ0n) is 9.95. The molecule has 0 unspecified atom stereocenters. The normalized spacial score (nSPS) is 11.6. The van der Waals surface area contributed by atoms with Crippen molar-refractivity contribution in [1.29, 1.82) is 0 Å². The summed E-state index contributed by atoms with van der Waals surface area (Å²) >= 11 is 3.30. The molecular weight excluding hydrogens is 270 g/mol. The number of furan rings is 1. The number of halogens is 1.